The number of hydrogen-bond acceptors (Lipinski definition) is 4. The third-order valence-corrected chi connectivity index (χ3v) is 4.96. The Bertz CT molecular complexity index is 1010. The van der Waals surface area contributed by atoms with Crippen molar-refractivity contribution in [3.05, 3.63) is 64.4 Å². The smallest absolute Gasteiger partial charge is 0.321 e. The topological polar surface area (TPSA) is 54.9 Å². The van der Waals surface area contributed by atoms with E-state index in [4.69, 9.17) is 0 Å². The van der Waals surface area contributed by atoms with Gasteiger partial charge in [-0.2, -0.15) is 26.3 Å². The lowest BCUT2D eigenvalue weighted by Crippen LogP contribution is -2.15. The summed E-state index contributed by atoms with van der Waals surface area (Å²) in [5, 5.41) is 2.55. The third kappa shape index (κ3) is 4.73. The van der Waals surface area contributed by atoms with Crippen LogP contribution < -0.4 is 5.32 Å². The van der Waals surface area contributed by atoms with Crippen LogP contribution in [0.3, 0.4) is 0 Å². The second kappa shape index (κ2) is 7.47. The molecular weight excluding hydrogens is 420 g/mol. The van der Waals surface area contributed by atoms with Gasteiger partial charge in [0.2, 0.25) is 0 Å². The number of benzene rings is 1. The van der Waals surface area contributed by atoms with E-state index in [1.165, 1.54) is 13.1 Å². The number of rotatable bonds is 3. The Hall–Kier alpha value is -2.95. The number of amides is 1. The first-order valence-corrected chi connectivity index (χ1v) is 8.75. The van der Waals surface area contributed by atoms with E-state index in [-0.39, 0.29) is 16.6 Å². The zero-order chi connectivity index (χ0) is 21.4. The fraction of sp³-hybridized carbons (Fsp3) is 0.167. The molecule has 0 aliphatic carbocycles. The van der Waals surface area contributed by atoms with Crippen LogP contribution in [-0.2, 0) is 12.4 Å². The molecule has 11 heteroatoms. The van der Waals surface area contributed by atoms with E-state index in [1.54, 1.807) is 18.3 Å². The number of halogens is 6. The average Bonchev–Trinajstić information content (AvgIpc) is 3.02. The maximum Gasteiger partial charge on any atom is 0.416 e. The molecule has 0 fully saturated rings. The molecule has 3 rings (SSSR count). The Morgan fingerprint density at radius 2 is 1.66 bits per heavy atom. The molecule has 3 aromatic rings. The molecule has 0 unspecified atom stereocenters. The summed E-state index contributed by atoms with van der Waals surface area (Å²) in [6, 6.07) is 4.26. The Balaban J connectivity index is 1.94. The van der Waals surface area contributed by atoms with E-state index in [0.717, 1.165) is 11.3 Å². The molecule has 29 heavy (non-hydrogen) atoms. The zero-order valence-corrected chi connectivity index (χ0v) is 15.3. The number of aromatic nitrogens is 2. The first kappa shape index (κ1) is 20.8. The lowest BCUT2D eigenvalue weighted by atomic mass is 10.1. The van der Waals surface area contributed by atoms with Crippen molar-refractivity contribution in [3.63, 3.8) is 0 Å². The van der Waals surface area contributed by atoms with Crippen LogP contribution in [0.4, 0.5) is 32.0 Å². The number of thiazole rings is 1. The second-order valence-electron chi connectivity index (χ2n) is 5.92. The van der Waals surface area contributed by atoms with E-state index in [2.05, 4.69) is 15.3 Å². The van der Waals surface area contributed by atoms with Crippen LogP contribution in [0.15, 0.2) is 42.7 Å². The number of carbonyl (C=O) groups excluding carboxylic acids is 1. The van der Waals surface area contributed by atoms with Gasteiger partial charge in [-0.05, 0) is 37.3 Å². The minimum Gasteiger partial charge on any atom is -0.321 e. The highest BCUT2D eigenvalue weighted by molar-refractivity contribution is 7.17. The molecule has 4 nitrogen and oxygen atoms in total. The van der Waals surface area contributed by atoms with Crippen molar-refractivity contribution in [1.82, 2.24) is 9.97 Å². The van der Waals surface area contributed by atoms with Crippen LogP contribution in [0.25, 0.3) is 10.6 Å². The molecule has 2 heterocycles. The number of nitrogens with zero attached hydrogens (tertiary/aromatic N) is 2. The van der Waals surface area contributed by atoms with Gasteiger partial charge in [-0.15, -0.1) is 11.3 Å². The van der Waals surface area contributed by atoms with Crippen molar-refractivity contribution in [2.24, 2.45) is 0 Å². The van der Waals surface area contributed by atoms with Gasteiger partial charge in [0.1, 0.15) is 9.88 Å². The summed E-state index contributed by atoms with van der Waals surface area (Å²) < 4.78 is 77.7. The van der Waals surface area contributed by atoms with Gasteiger partial charge in [0.15, 0.2) is 0 Å². The summed E-state index contributed by atoms with van der Waals surface area (Å²) in [5.41, 5.74) is -2.74. The molecule has 152 valence electrons. The first-order valence-electron chi connectivity index (χ1n) is 7.94. The largest absolute Gasteiger partial charge is 0.416 e. The number of anilines is 1. The SMILES string of the molecule is Cc1nc(-c2cccnc2)sc1C(=O)Nc1cc(C(F)(F)F)cc(C(F)(F)F)c1. The second-order valence-corrected chi connectivity index (χ2v) is 6.92. The molecule has 0 aliphatic rings. The molecular formula is C18H11F6N3OS. The third-order valence-electron chi connectivity index (χ3n) is 3.76. The van der Waals surface area contributed by atoms with Crippen LogP contribution >= 0.6 is 11.3 Å². The highest BCUT2D eigenvalue weighted by Gasteiger charge is 2.37. The predicted molar refractivity (Wildman–Crippen MR) is 94.5 cm³/mol. The summed E-state index contributed by atoms with van der Waals surface area (Å²) in [6.07, 6.45) is -6.95. The quantitative estimate of drug-likeness (QED) is 0.533. The zero-order valence-electron chi connectivity index (χ0n) is 14.5. The van der Waals surface area contributed by atoms with Gasteiger partial charge < -0.3 is 5.32 Å². The van der Waals surface area contributed by atoms with Crippen molar-refractivity contribution in [2.45, 2.75) is 19.3 Å². The molecule has 0 saturated heterocycles. The van der Waals surface area contributed by atoms with E-state index in [1.807, 2.05) is 0 Å². The van der Waals surface area contributed by atoms with Gasteiger partial charge in [-0.3, -0.25) is 9.78 Å². The van der Waals surface area contributed by atoms with Crippen molar-refractivity contribution >= 4 is 22.9 Å². The van der Waals surface area contributed by atoms with E-state index >= 15 is 0 Å². The highest BCUT2D eigenvalue weighted by atomic mass is 32.1. The average molecular weight is 431 g/mol. The summed E-state index contributed by atoms with van der Waals surface area (Å²) in [4.78, 5) is 20.7. The van der Waals surface area contributed by atoms with E-state index < -0.39 is 35.1 Å². The Labute approximate surface area is 164 Å². The summed E-state index contributed by atoms with van der Waals surface area (Å²) in [6.45, 7) is 1.51. The fourth-order valence-corrected chi connectivity index (χ4v) is 3.39. The molecule has 0 saturated carbocycles. The van der Waals surface area contributed by atoms with Crippen LogP contribution in [0.1, 0.15) is 26.5 Å². The van der Waals surface area contributed by atoms with Crippen LogP contribution in [0.2, 0.25) is 0 Å². The minimum absolute atomic E-state index is 0.00584. The number of alkyl halides is 6. The number of hydrogen-bond donors (Lipinski definition) is 1. The molecule has 1 amide bonds. The maximum absolute atomic E-state index is 13.0. The van der Waals surface area contributed by atoms with Gasteiger partial charge in [-0.25, -0.2) is 4.98 Å². The standard InChI is InChI=1S/C18H11F6N3OS/c1-9-14(29-16(26-9)10-3-2-4-25-8-10)15(28)27-13-6-11(17(19,20)21)5-12(7-13)18(22,23)24/h2-8H,1H3,(H,27,28). The molecule has 2 aromatic heterocycles. The molecule has 1 N–H and O–H groups in total. The minimum atomic E-state index is -5.01. The van der Waals surface area contributed by atoms with Crippen molar-refractivity contribution in [2.75, 3.05) is 5.32 Å². The molecule has 1 aromatic carbocycles. The van der Waals surface area contributed by atoms with Gasteiger partial charge >= 0.3 is 12.4 Å². The number of nitrogens with one attached hydrogen (secondary N) is 1. The maximum atomic E-state index is 13.0. The van der Waals surface area contributed by atoms with Crippen molar-refractivity contribution in [3.8, 4) is 10.6 Å². The van der Waals surface area contributed by atoms with Crippen LogP contribution in [-0.4, -0.2) is 15.9 Å². The lowest BCUT2D eigenvalue weighted by Gasteiger charge is -2.14. The number of pyridine rings is 1. The normalized spacial score (nSPS) is 12.1. The van der Waals surface area contributed by atoms with Gasteiger partial charge in [0, 0.05) is 23.6 Å². The van der Waals surface area contributed by atoms with Gasteiger partial charge in [0.05, 0.1) is 16.8 Å². The molecule has 0 atom stereocenters. The lowest BCUT2D eigenvalue weighted by molar-refractivity contribution is -0.143. The predicted octanol–water partition coefficient (Wildman–Crippen LogP) is 5.80. The number of carbonyl (C=O) groups is 1. The van der Waals surface area contributed by atoms with Crippen LogP contribution in [0, 0.1) is 6.92 Å². The number of aryl methyl sites for hydroxylation is 1. The van der Waals surface area contributed by atoms with Crippen molar-refractivity contribution in [1.29, 1.82) is 0 Å². The molecule has 0 radical (unpaired) electrons. The van der Waals surface area contributed by atoms with Gasteiger partial charge in [0.25, 0.3) is 5.91 Å². The molecule has 0 bridgehead atoms. The van der Waals surface area contributed by atoms with E-state index in [9.17, 15) is 31.1 Å². The summed E-state index contributed by atoms with van der Waals surface area (Å²) in [7, 11) is 0. The molecule has 0 spiro atoms. The monoisotopic (exact) mass is 431 g/mol. The Morgan fingerprint density at radius 3 is 2.17 bits per heavy atom. The van der Waals surface area contributed by atoms with E-state index in [0.29, 0.717) is 22.7 Å². The van der Waals surface area contributed by atoms with Crippen molar-refractivity contribution < 1.29 is 31.1 Å². The Morgan fingerprint density at radius 1 is 1.03 bits per heavy atom. The Kier molecular flexibility index (Phi) is 5.35. The fourth-order valence-electron chi connectivity index (χ4n) is 2.43. The highest BCUT2D eigenvalue weighted by Crippen LogP contribution is 2.38. The summed E-state index contributed by atoms with van der Waals surface area (Å²) >= 11 is 0.952. The van der Waals surface area contributed by atoms with Crippen LogP contribution in [0.5, 0.6) is 0 Å². The summed E-state index contributed by atoms with van der Waals surface area (Å²) in [5.74, 6) is -0.859. The van der Waals surface area contributed by atoms with Gasteiger partial charge in [-0.1, -0.05) is 0 Å². The molecule has 0 aliphatic heterocycles. The first-order chi connectivity index (χ1) is 13.4.